The first-order valence-corrected chi connectivity index (χ1v) is 15.3. The van der Waals surface area contributed by atoms with E-state index in [2.05, 4.69) is 10.4 Å². The molecule has 196 valence electrons. The number of carbonyl (C=O) groups excluding carboxylic acids is 2. The Morgan fingerprint density at radius 3 is 2.22 bits per heavy atom. The highest BCUT2D eigenvalue weighted by atomic mass is 28.3. The van der Waals surface area contributed by atoms with E-state index < -0.39 is 43.0 Å². The lowest BCUT2D eigenvalue weighted by Gasteiger charge is -2.21. The fraction of sp³-hybridized carbons (Fsp3) is 0.333. The van der Waals surface area contributed by atoms with Gasteiger partial charge in [-0.2, -0.15) is 5.10 Å². The zero-order valence-electron chi connectivity index (χ0n) is 21.6. The molecule has 37 heavy (non-hydrogen) atoms. The summed E-state index contributed by atoms with van der Waals surface area (Å²) in [5.41, 5.74) is 1.63. The van der Waals surface area contributed by atoms with Gasteiger partial charge in [-0.1, -0.05) is 43.9 Å². The molecule has 3 aromatic rings. The van der Waals surface area contributed by atoms with Gasteiger partial charge in [0.15, 0.2) is 5.78 Å². The highest BCUT2D eigenvalue weighted by Crippen LogP contribution is 2.20. The van der Waals surface area contributed by atoms with E-state index in [1.807, 2.05) is 19.6 Å². The van der Waals surface area contributed by atoms with E-state index in [1.54, 1.807) is 38.3 Å². The normalized spacial score (nSPS) is 12.3. The van der Waals surface area contributed by atoms with Crippen LogP contribution in [0.1, 0.15) is 28.4 Å². The first-order chi connectivity index (χ1) is 17.4. The molecule has 0 spiro atoms. The molecule has 1 amide bonds. The third kappa shape index (κ3) is 7.27. The van der Waals surface area contributed by atoms with E-state index in [-0.39, 0.29) is 23.7 Å². The van der Waals surface area contributed by atoms with Gasteiger partial charge in [0.1, 0.15) is 24.2 Å². The van der Waals surface area contributed by atoms with Gasteiger partial charge in [-0.15, -0.1) is 0 Å². The van der Waals surface area contributed by atoms with Crippen LogP contribution in [0, 0.1) is 18.6 Å². The van der Waals surface area contributed by atoms with Gasteiger partial charge in [-0.05, 0) is 41.8 Å². The first kappa shape index (κ1) is 28.1. The number of ketones is 1. The minimum absolute atomic E-state index is 0.0818. The molecule has 0 aliphatic rings. The summed E-state index contributed by atoms with van der Waals surface area (Å²) in [5.74, 6) is -2.41. The quantitative estimate of drug-likeness (QED) is 0.409. The zero-order valence-corrected chi connectivity index (χ0v) is 22.6. The molecule has 3 rings (SSSR count). The zero-order chi connectivity index (χ0) is 27.3. The van der Waals surface area contributed by atoms with Gasteiger partial charge in [-0.3, -0.25) is 14.4 Å². The molecule has 1 atom stereocenters. The van der Waals surface area contributed by atoms with E-state index in [1.165, 1.54) is 24.3 Å². The Labute approximate surface area is 215 Å². The van der Waals surface area contributed by atoms with Crippen molar-refractivity contribution in [3.05, 3.63) is 92.9 Å². The van der Waals surface area contributed by atoms with Crippen LogP contribution in [0.3, 0.4) is 0 Å². The second-order valence-corrected chi connectivity index (χ2v) is 15.0. The third-order valence-electron chi connectivity index (χ3n) is 5.77. The fourth-order valence-corrected chi connectivity index (χ4v) is 5.65. The molecule has 1 aromatic heterocycles. The minimum atomic E-state index is -2.28. The van der Waals surface area contributed by atoms with Crippen LogP contribution in [0.15, 0.2) is 53.3 Å². The average molecular weight is 528 g/mol. The van der Waals surface area contributed by atoms with Gasteiger partial charge < -0.3 is 10.1 Å². The number of ether oxygens (including phenoxy) is 1. The molecule has 0 saturated heterocycles. The van der Waals surface area contributed by atoms with Gasteiger partial charge in [-0.25, -0.2) is 13.5 Å². The number of carbonyl (C=O) groups is 2. The molecule has 0 fully saturated rings. The third-order valence-corrected chi connectivity index (χ3v) is 7.75. The lowest BCUT2D eigenvalue weighted by molar-refractivity contribution is -0.128. The van der Waals surface area contributed by atoms with Crippen LogP contribution in [0.2, 0.25) is 19.6 Å². The molecule has 0 bridgehead atoms. The van der Waals surface area contributed by atoms with E-state index in [9.17, 15) is 23.2 Å². The fourth-order valence-electron chi connectivity index (χ4n) is 4.08. The van der Waals surface area contributed by atoms with E-state index in [4.69, 9.17) is 4.74 Å². The molecular weight excluding hydrogens is 496 g/mol. The molecule has 0 aliphatic carbocycles. The number of hydrogen-bond acceptors (Lipinski definition) is 5. The monoisotopic (exact) mass is 527 g/mol. The topological polar surface area (TPSA) is 90.3 Å². The smallest absolute Gasteiger partial charge is 0.267 e. The molecule has 0 radical (unpaired) electrons. The van der Waals surface area contributed by atoms with Crippen molar-refractivity contribution in [2.75, 3.05) is 7.11 Å². The largest absolute Gasteiger partial charge is 0.380 e. The number of benzene rings is 2. The van der Waals surface area contributed by atoms with E-state index in [0.717, 1.165) is 10.2 Å². The van der Waals surface area contributed by atoms with Crippen molar-refractivity contribution in [1.82, 2.24) is 15.1 Å². The van der Waals surface area contributed by atoms with Gasteiger partial charge in [0.05, 0.1) is 20.4 Å². The standard InChI is InChI=1S/C27H31F2N3O4Si/c1-17-6-11-25(35)32(31-17)15-24(34)30-26(20-9-7-18(8-10-20)16-36-2)23(33)14-19-12-21(28)27(22(29)13-19)37(3,4)5/h6-13,26H,14-16H2,1-5H3,(H,30,34)/t26-/m1/s1. The summed E-state index contributed by atoms with van der Waals surface area (Å²) in [6.45, 7) is 7.19. The van der Waals surface area contributed by atoms with Crippen molar-refractivity contribution in [2.24, 2.45) is 0 Å². The van der Waals surface area contributed by atoms with Crippen molar-refractivity contribution in [3.63, 3.8) is 0 Å². The van der Waals surface area contributed by atoms with Crippen molar-refractivity contribution in [1.29, 1.82) is 0 Å². The lowest BCUT2D eigenvalue weighted by Crippen LogP contribution is -2.42. The molecule has 0 unspecified atom stereocenters. The first-order valence-electron chi connectivity index (χ1n) is 11.8. The number of aryl methyl sites for hydroxylation is 1. The predicted molar refractivity (Wildman–Crippen MR) is 139 cm³/mol. The van der Waals surface area contributed by atoms with Crippen molar-refractivity contribution >= 4 is 25.0 Å². The Kier molecular flexibility index (Phi) is 8.88. The number of hydrogen-bond donors (Lipinski definition) is 1. The maximum absolute atomic E-state index is 14.8. The van der Waals surface area contributed by atoms with Crippen LogP contribution in [0.25, 0.3) is 0 Å². The number of halogens is 2. The van der Waals surface area contributed by atoms with Crippen LogP contribution in [-0.2, 0) is 33.9 Å². The maximum atomic E-state index is 14.8. The Bertz CT molecular complexity index is 1330. The van der Waals surface area contributed by atoms with Crippen LogP contribution in [-0.4, -0.2) is 36.7 Å². The summed E-state index contributed by atoms with van der Waals surface area (Å²) in [7, 11) is -0.713. The van der Waals surface area contributed by atoms with Crippen LogP contribution >= 0.6 is 0 Å². The van der Waals surface area contributed by atoms with Crippen LogP contribution in [0.4, 0.5) is 8.78 Å². The summed E-state index contributed by atoms with van der Waals surface area (Å²) < 4.78 is 35.7. The van der Waals surface area contributed by atoms with Crippen molar-refractivity contribution in [2.45, 2.75) is 52.2 Å². The highest BCUT2D eigenvalue weighted by molar-refractivity contribution is 6.88. The maximum Gasteiger partial charge on any atom is 0.267 e. The summed E-state index contributed by atoms with van der Waals surface area (Å²) in [6, 6.07) is 11.0. The Morgan fingerprint density at radius 1 is 1.03 bits per heavy atom. The highest BCUT2D eigenvalue weighted by Gasteiger charge is 2.28. The van der Waals surface area contributed by atoms with Crippen molar-refractivity contribution < 1.29 is 23.1 Å². The molecule has 1 heterocycles. The van der Waals surface area contributed by atoms with Gasteiger partial charge in [0.25, 0.3) is 5.56 Å². The lowest BCUT2D eigenvalue weighted by atomic mass is 9.96. The summed E-state index contributed by atoms with van der Waals surface area (Å²) in [6.07, 6.45) is -0.298. The van der Waals surface area contributed by atoms with Crippen LogP contribution in [0.5, 0.6) is 0 Å². The number of Topliss-reactive ketones (excluding diaryl/α,β-unsaturated/α-hetero) is 1. The second-order valence-electron chi connectivity index (χ2n) is 9.97. The van der Waals surface area contributed by atoms with Crippen LogP contribution < -0.4 is 16.1 Å². The number of nitrogens with zero attached hydrogens (tertiary/aromatic N) is 2. The molecule has 0 aliphatic heterocycles. The summed E-state index contributed by atoms with van der Waals surface area (Å²) in [5, 5.41) is 6.80. The molecule has 2 aromatic carbocycles. The predicted octanol–water partition coefficient (Wildman–Crippen LogP) is 3.19. The molecule has 0 saturated carbocycles. The molecule has 7 nitrogen and oxygen atoms in total. The number of methoxy groups -OCH3 is 1. The Morgan fingerprint density at radius 2 is 1.65 bits per heavy atom. The summed E-state index contributed by atoms with van der Waals surface area (Å²) in [4.78, 5) is 38.3. The second kappa shape index (κ2) is 11.7. The number of rotatable bonds is 10. The summed E-state index contributed by atoms with van der Waals surface area (Å²) >= 11 is 0. The van der Waals surface area contributed by atoms with Gasteiger partial charge in [0.2, 0.25) is 5.91 Å². The minimum Gasteiger partial charge on any atom is -0.380 e. The number of aromatic nitrogens is 2. The molecular formula is C27H31F2N3O4Si. The number of amides is 1. The Balaban J connectivity index is 1.89. The Hall–Kier alpha value is -3.50. The number of nitrogens with one attached hydrogen (secondary N) is 1. The van der Waals surface area contributed by atoms with Gasteiger partial charge in [0, 0.05) is 24.8 Å². The van der Waals surface area contributed by atoms with E-state index >= 15 is 0 Å². The van der Waals surface area contributed by atoms with Crippen molar-refractivity contribution in [3.8, 4) is 0 Å². The molecule has 1 N–H and O–H groups in total. The average Bonchev–Trinajstić information content (AvgIpc) is 2.79. The van der Waals surface area contributed by atoms with E-state index in [0.29, 0.717) is 17.9 Å². The SMILES string of the molecule is COCc1ccc([C@@H](NC(=O)Cn2nc(C)ccc2=O)C(=O)Cc2cc(F)c([Si](C)(C)C)c(F)c2)cc1. The van der Waals surface area contributed by atoms with Gasteiger partial charge >= 0.3 is 0 Å². The molecule has 10 heteroatoms.